The van der Waals surface area contributed by atoms with Crippen molar-refractivity contribution in [2.45, 2.75) is 26.2 Å². The standard InChI is InChI=1S/C15H21N3O/c1-11-5-6-13-12(14(11)16)7-9-18-15(13)17-8-3-2-4-10-19/h5-7,9,19H,2-4,8,10,16H2,1H3,(H,17,18). The minimum Gasteiger partial charge on any atom is -0.398 e. The highest BCUT2D eigenvalue weighted by Gasteiger charge is 2.05. The van der Waals surface area contributed by atoms with Crippen LogP contribution in [0.1, 0.15) is 24.8 Å². The maximum absolute atomic E-state index is 8.73. The number of aliphatic hydroxyl groups is 1. The zero-order valence-corrected chi connectivity index (χ0v) is 11.3. The van der Waals surface area contributed by atoms with Crippen LogP contribution < -0.4 is 11.1 Å². The van der Waals surface area contributed by atoms with Crippen molar-refractivity contribution in [2.75, 3.05) is 24.2 Å². The van der Waals surface area contributed by atoms with Gasteiger partial charge in [-0.1, -0.05) is 12.1 Å². The average Bonchev–Trinajstić information content (AvgIpc) is 2.43. The number of aliphatic hydroxyl groups excluding tert-OH is 1. The SMILES string of the molecule is Cc1ccc2c(NCCCCCO)nccc2c1N. The van der Waals surface area contributed by atoms with Crippen LogP contribution in [0.5, 0.6) is 0 Å². The summed E-state index contributed by atoms with van der Waals surface area (Å²) in [7, 11) is 0. The van der Waals surface area contributed by atoms with E-state index in [4.69, 9.17) is 10.8 Å². The first-order chi connectivity index (χ1) is 9.24. The number of nitrogens with zero attached hydrogens (tertiary/aromatic N) is 1. The second-order valence-electron chi connectivity index (χ2n) is 4.76. The average molecular weight is 259 g/mol. The second kappa shape index (κ2) is 6.38. The first-order valence-electron chi connectivity index (χ1n) is 6.72. The van der Waals surface area contributed by atoms with Gasteiger partial charge in [-0.3, -0.25) is 0 Å². The van der Waals surface area contributed by atoms with Crippen molar-refractivity contribution in [1.82, 2.24) is 4.98 Å². The number of anilines is 2. The van der Waals surface area contributed by atoms with Crippen LogP contribution in [0.4, 0.5) is 11.5 Å². The second-order valence-corrected chi connectivity index (χ2v) is 4.76. The molecule has 19 heavy (non-hydrogen) atoms. The molecule has 1 aromatic heterocycles. The van der Waals surface area contributed by atoms with E-state index in [2.05, 4.69) is 16.4 Å². The molecule has 0 bridgehead atoms. The topological polar surface area (TPSA) is 71.2 Å². The number of aryl methyl sites for hydroxylation is 1. The van der Waals surface area contributed by atoms with Crippen LogP contribution in [0, 0.1) is 6.92 Å². The molecule has 1 heterocycles. The minimum atomic E-state index is 0.266. The maximum Gasteiger partial charge on any atom is 0.133 e. The Morgan fingerprint density at radius 1 is 1.16 bits per heavy atom. The van der Waals surface area contributed by atoms with Crippen molar-refractivity contribution in [3.8, 4) is 0 Å². The summed E-state index contributed by atoms with van der Waals surface area (Å²) in [4.78, 5) is 4.38. The Hall–Kier alpha value is -1.81. The number of nitrogens with two attached hydrogens (primary N) is 1. The molecule has 4 N–H and O–H groups in total. The Kier molecular flexibility index (Phi) is 4.58. The van der Waals surface area contributed by atoms with E-state index in [1.165, 1.54) is 0 Å². The number of nitrogens with one attached hydrogen (secondary N) is 1. The van der Waals surface area contributed by atoms with Gasteiger partial charge in [0.1, 0.15) is 5.82 Å². The van der Waals surface area contributed by atoms with E-state index in [9.17, 15) is 0 Å². The van der Waals surface area contributed by atoms with Crippen LogP contribution >= 0.6 is 0 Å². The van der Waals surface area contributed by atoms with Crippen LogP contribution in [0.2, 0.25) is 0 Å². The molecule has 0 unspecified atom stereocenters. The monoisotopic (exact) mass is 259 g/mol. The van der Waals surface area contributed by atoms with Crippen molar-refractivity contribution in [2.24, 2.45) is 0 Å². The summed E-state index contributed by atoms with van der Waals surface area (Å²) < 4.78 is 0. The molecule has 102 valence electrons. The van der Waals surface area contributed by atoms with Gasteiger partial charge in [-0.05, 0) is 37.8 Å². The van der Waals surface area contributed by atoms with Gasteiger partial charge in [0.05, 0.1) is 0 Å². The number of pyridine rings is 1. The van der Waals surface area contributed by atoms with Crippen LogP contribution in [0.15, 0.2) is 24.4 Å². The quantitative estimate of drug-likeness (QED) is 0.551. The lowest BCUT2D eigenvalue weighted by molar-refractivity contribution is 0.283. The van der Waals surface area contributed by atoms with Crippen LogP contribution in [-0.2, 0) is 0 Å². The number of unbranched alkanes of at least 4 members (excludes halogenated alkanes) is 2. The molecule has 0 saturated carbocycles. The van der Waals surface area contributed by atoms with Gasteiger partial charge >= 0.3 is 0 Å². The molecule has 0 radical (unpaired) electrons. The summed E-state index contributed by atoms with van der Waals surface area (Å²) >= 11 is 0. The third kappa shape index (κ3) is 3.15. The van der Waals surface area contributed by atoms with Crippen molar-refractivity contribution in [1.29, 1.82) is 0 Å². The highest BCUT2D eigenvalue weighted by Crippen LogP contribution is 2.28. The largest absolute Gasteiger partial charge is 0.398 e. The molecule has 2 rings (SSSR count). The van der Waals surface area contributed by atoms with E-state index in [0.29, 0.717) is 0 Å². The van der Waals surface area contributed by atoms with E-state index in [-0.39, 0.29) is 6.61 Å². The molecule has 1 aromatic carbocycles. The Bertz CT molecular complexity index is 554. The minimum absolute atomic E-state index is 0.266. The molecular weight excluding hydrogens is 238 g/mol. The van der Waals surface area contributed by atoms with E-state index in [1.54, 1.807) is 6.20 Å². The molecule has 4 nitrogen and oxygen atoms in total. The van der Waals surface area contributed by atoms with Crippen molar-refractivity contribution in [3.05, 3.63) is 30.0 Å². The highest BCUT2D eigenvalue weighted by atomic mass is 16.2. The number of nitrogen functional groups attached to an aromatic ring is 1. The van der Waals surface area contributed by atoms with Gasteiger partial charge in [0, 0.05) is 35.8 Å². The molecule has 0 aliphatic rings. The Balaban J connectivity index is 2.13. The summed E-state index contributed by atoms with van der Waals surface area (Å²) in [6.07, 6.45) is 4.69. The fourth-order valence-electron chi connectivity index (χ4n) is 2.15. The van der Waals surface area contributed by atoms with Gasteiger partial charge in [-0.2, -0.15) is 0 Å². The van der Waals surface area contributed by atoms with Crippen molar-refractivity contribution >= 4 is 22.3 Å². The number of hydrogen-bond donors (Lipinski definition) is 3. The lowest BCUT2D eigenvalue weighted by atomic mass is 10.1. The predicted molar refractivity (Wildman–Crippen MR) is 80.3 cm³/mol. The summed E-state index contributed by atoms with van der Waals surface area (Å²) in [5, 5.41) is 14.2. The Morgan fingerprint density at radius 3 is 2.79 bits per heavy atom. The first kappa shape index (κ1) is 13.6. The Labute approximate surface area is 113 Å². The van der Waals surface area contributed by atoms with Gasteiger partial charge in [-0.15, -0.1) is 0 Å². The molecule has 0 aliphatic carbocycles. The summed E-state index contributed by atoms with van der Waals surface area (Å²) in [6.45, 7) is 3.14. The molecule has 0 fully saturated rings. The highest BCUT2D eigenvalue weighted by molar-refractivity contribution is 6.00. The first-order valence-corrected chi connectivity index (χ1v) is 6.72. The van der Waals surface area contributed by atoms with Gasteiger partial charge in [0.2, 0.25) is 0 Å². The number of benzene rings is 1. The van der Waals surface area contributed by atoms with Crippen LogP contribution in [0.3, 0.4) is 0 Å². The summed E-state index contributed by atoms with van der Waals surface area (Å²) in [5.41, 5.74) is 8.01. The lowest BCUT2D eigenvalue weighted by Gasteiger charge is -2.11. The smallest absolute Gasteiger partial charge is 0.133 e. The Morgan fingerprint density at radius 2 is 2.00 bits per heavy atom. The number of hydrogen-bond acceptors (Lipinski definition) is 4. The molecular formula is C15H21N3O. The number of fused-ring (bicyclic) bond motifs is 1. The lowest BCUT2D eigenvalue weighted by Crippen LogP contribution is -2.04. The third-order valence-electron chi connectivity index (χ3n) is 3.33. The van der Waals surface area contributed by atoms with Crippen molar-refractivity contribution in [3.63, 3.8) is 0 Å². The van der Waals surface area contributed by atoms with E-state index < -0.39 is 0 Å². The van der Waals surface area contributed by atoms with E-state index in [0.717, 1.165) is 53.6 Å². The van der Waals surface area contributed by atoms with E-state index >= 15 is 0 Å². The normalized spacial score (nSPS) is 10.8. The van der Waals surface area contributed by atoms with Gasteiger partial charge < -0.3 is 16.2 Å². The van der Waals surface area contributed by atoms with Crippen LogP contribution in [0.25, 0.3) is 10.8 Å². The zero-order chi connectivity index (χ0) is 13.7. The maximum atomic E-state index is 8.73. The number of aromatic nitrogens is 1. The fourth-order valence-corrected chi connectivity index (χ4v) is 2.15. The fraction of sp³-hybridized carbons (Fsp3) is 0.400. The summed E-state index contributed by atoms with van der Waals surface area (Å²) in [5.74, 6) is 0.883. The molecule has 2 aromatic rings. The van der Waals surface area contributed by atoms with Gasteiger partial charge in [0.25, 0.3) is 0 Å². The molecule has 0 amide bonds. The predicted octanol–water partition coefficient (Wildman–Crippen LogP) is 2.70. The third-order valence-corrected chi connectivity index (χ3v) is 3.33. The number of rotatable bonds is 6. The molecule has 0 spiro atoms. The molecule has 0 atom stereocenters. The van der Waals surface area contributed by atoms with Crippen LogP contribution in [-0.4, -0.2) is 23.2 Å². The molecule has 0 aliphatic heterocycles. The van der Waals surface area contributed by atoms with Gasteiger partial charge in [-0.25, -0.2) is 4.98 Å². The molecule has 4 heteroatoms. The van der Waals surface area contributed by atoms with Gasteiger partial charge in [0.15, 0.2) is 0 Å². The zero-order valence-electron chi connectivity index (χ0n) is 11.3. The summed E-state index contributed by atoms with van der Waals surface area (Å²) in [6, 6.07) is 6.04. The molecule has 0 saturated heterocycles. The van der Waals surface area contributed by atoms with Crippen molar-refractivity contribution < 1.29 is 5.11 Å². The van der Waals surface area contributed by atoms with E-state index in [1.807, 2.05) is 19.1 Å².